The number of carbonyl (C=O) groups is 1. The van der Waals surface area contributed by atoms with Crippen molar-refractivity contribution < 1.29 is 4.79 Å². The zero-order valence-electron chi connectivity index (χ0n) is 12.9. The van der Waals surface area contributed by atoms with Crippen LogP contribution in [0.4, 0.5) is 17.2 Å². The highest BCUT2D eigenvalue weighted by molar-refractivity contribution is 9.10. The van der Waals surface area contributed by atoms with Gasteiger partial charge in [-0.15, -0.1) is 0 Å². The Bertz CT molecular complexity index is 967. The fourth-order valence-corrected chi connectivity index (χ4v) is 2.52. The number of amides is 1. The lowest BCUT2D eigenvalue weighted by Crippen LogP contribution is -2.14. The highest BCUT2D eigenvalue weighted by Gasteiger charge is 2.10. The minimum atomic E-state index is -0.339. The molecule has 0 atom stereocenters. The van der Waals surface area contributed by atoms with E-state index < -0.39 is 0 Å². The molecule has 0 aliphatic heterocycles. The molecule has 3 rings (SSSR count). The quantitative estimate of drug-likeness (QED) is 0.695. The first kappa shape index (κ1) is 16.6. The van der Waals surface area contributed by atoms with Gasteiger partial charge in [-0.1, -0.05) is 28.1 Å². The molecule has 1 aromatic heterocycles. The third-order valence-corrected chi connectivity index (χ3v) is 3.74. The number of aromatic nitrogens is 2. The Morgan fingerprint density at radius 1 is 1.04 bits per heavy atom. The van der Waals surface area contributed by atoms with E-state index in [1.807, 2.05) is 18.2 Å². The Balaban J connectivity index is 1.76. The molecule has 3 aromatic rings. The summed E-state index contributed by atoms with van der Waals surface area (Å²) in [4.78, 5) is 20.5. The predicted octanol–water partition coefficient (Wildman–Crippen LogP) is 4.11. The monoisotopic (exact) mass is 393 g/mol. The van der Waals surface area contributed by atoms with Crippen molar-refractivity contribution in [3.63, 3.8) is 0 Å². The van der Waals surface area contributed by atoms with E-state index in [1.165, 1.54) is 6.33 Å². The van der Waals surface area contributed by atoms with Crippen molar-refractivity contribution in [2.75, 3.05) is 10.6 Å². The molecule has 1 heterocycles. The van der Waals surface area contributed by atoms with Gasteiger partial charge in [0.05, 0.1) is 11.6 Å². The minimum Gasteiger partial charge on any atom is -0.340 e. The van der Waals surface area contributed by atoms with Crippen molar-refractivity contribution in [3.8, 4) is 6.07 Å². The number of carbonyl (C=O) groups excluding carboxylic acids is 1. The van der Waals surface area contributed by atoms with Gasteiger partial charge in [-0.3, -0.25) is 4.79 Å². The minimum absolute atomic E-state index is 0.230. The Kier molecular flexibility index (Phi) is 5.02. The van der Waals surface area contributed by atoms with E-state index in [0.29, 0.717) is 22.8 Å². The first-order valence-corrected chi connectivity index (χ1v) is 8.09. The second-order valence-electron chi connectivity index (χ2n) is 5.07. The predicted molar refractivity (Wildman–Crippen MR) is 98.6 cm³/mol. The van der Waals surface area contributed by atoms with E-state index in [9.17, 15) is 4.79 Å². The van der Waals surface area contributed by atoms with Gasteiger partial charge in [-0.25, -0.2) is 9.97 Å². The van der Waals surface area contributed by atoms with E-state index in [4.69, 9.17) is 5.26 Å². The Labute approximate surface area is 152 Å². The van der Waals surface area contributed by atoms with Crippen LogP contribution in [0.15, 0.2) is 65.4 Å². The molecule has 0 saturated heterocycles. The summed E-state index contributed by atoms with van der Waals surface area (Å²) in [5.74, 6) is 0.124. The summed E-state index contributed by atoms with van der Waals surface area (Å²) in [6, 6.07) is 17.9. The smallest absolute Gasteiger partial charge is 0.274 e. The fourth-order valence-electron chi connectivity index (χ4n) is 2.13. The second-order valence-corrected chi connectivity index (χ2v) is 5.99. The van der Waals surface area contributed by atoms with Crippen LogP contribution in [0.5, 0.6) is 0 Å². The number of nitrogens with one attached hydrogen (secondary N) is 2. The third-order valence-electron chi connectivity index (χ3n) is 3.25. The number of anilines is 3. The molecule has 0 fully saturated rings. The van der Waals surface area contributed by atoms with Crippen LogP contribution in [0, 0.1) is 11.3 Å². The number of hydrogen-bond acceptors (Lipinski definition) is 5. The van der Waals surface area contributed by atoms with E-state index in [0.717, 1.165) is 4.47 Å². The molecule has 25 heavy (non-hydrogen) atoms. The van der Waals surface area contributed by atoms with Gasteiger partial charge in [-0.05, 0) is 36.4 Å². The van der Waals surface area contributed by atoms with E-state index in [2.05, 4.69) is 42.6 Å². The van der Waals surface area contributed by atoms with Crippen LogP contribution < -0.4 is 10.6 Å². The maximum absolute atomic E-state index is 12.3. The molecule has 2 aromatic carbocycles. The number of nitriles is 1. The summed E-state index contributed by atoms with van der Waals surface area (Å²) < 4.78 is 0.868. The van der Waals surface area contributed by atoms with Crippen molar-refractivity contribution in [3.05, 3.63) is 76.7 Å². The first-order chi connectivity index (χ1) is 12.1. The molecule has 0 aliphatic rings. The molecule has 122 valence electrons. The number of rotatable bonds is 4. The topological polar surface area (TPSA) is 90.7 Å². The summed E-state index contributed by atoms with van der Waals surface area (Å²) in [5, 5.41) is 14.8. The molecule has 0 radical (unpaired) electrons. The summed E-state index contributed by atoms with van der Waals surface area (Å²) >= 11 is 3.36. The lowest BCUT2D eigenvalue weighted by molar-refractivity contribution is 0.102. The third kappa shape index (κ3) is 4.40. The van der Waals surface area contributed by atoms with Crippen LogP contribution in [-0.2, 0) is 0 Å². The van der Waals surface area contributed by atoms with Crippen LogP contribution in [0.3, 0.4) is 0 Å². The molecule has 0 aliphatic carbocycles. The average molecular weight is 394 g/mol. The highest BCUT2D eigenvalue weighted by Crippen LogP contribution is 2.18. The SMILES string of the molecule is N#Cc1cccc(Nc2cc(C(=O)Nc3cccc(Br)c3)ncn2)c1. The van der Waals surface area contributed by atoms with Crippen molar-refractivity contribution in [1.29, 1.82) is 5.26 Å². The Hall–Kier alpha value is -3.24. The van der Waals surface area contributed by atoms with Gasteiger partial charge in [0.1, 0.15) is 17.8 Å². The van der Waals surface area contributed by atoms with Gasteiger partial charge in [0.25, 0.3) is 5.91 Å². The number of benzene rings is 2. The summed E-state index contributed by atoms with van der Waals surface area (Å²) in [7, 11) is 0. The Morgan fingerprint density at radius 3 is 2.64 bits per heavy atom. The molecule has 6 nitrogen and oxygen atoms in total. The molecule has 0 spiro atoms. The number of nitrogens with zero attached hydrogens (tertiary/aromatic N) is 3. The maximum Gasteiger partial charge on any atom is 0.274 e. The fraction of sp³-hybridized carbons (Fsp3) is 0. The van der Waals surface area contributed by atoms with Crippen molar-refractivity contribution in [2.45, 2.75) is 0 Å². The molecule has 1 amide bonds. The molecular weight excluding hydrogens is 382 g/mol. The first-order valence-electron chi connectivity index (χ1n) is 7.30. The molecule has 0 saturated carbocycles. The van der Waals surface area contributed by atoms with E-state index >= 15 is 0 Å². The highest BCUT2D eigenvalue weighted by atomic mass is 79.9. The van der Waals surface area contributed by atoms with Gasteiger partial charge in [0.15, 0.2) is 0 Å². The van der Waals surface area contributed by atoms with Gasteiger partial charge in [-0.2, -0.15) is 5.26 Å². The van der Waals surface area contributed by atoms with Crippen LogP contribution in [0.1, 0.15) is 16.1 Å². The molecule has 0 bridgehead atoms. The van der Waals surface area contributed by atoms with Crippen molar-refractivity contribution in [1.82, 2.24) is 9.97 Å². The summed E-state index contributed by atoms with van der Waals surface area (Å²) in [6.45, 7) is 0. The zero-order chi connectivity index (χ0) is 17.6. The normalized spacial score (nSPS) is 9.92. The lowest BCUT2D eigenvalue weighted by atomic mass is 10.2. The van der Waals surface area contributed by atoms with Gasteiger partial charge < -0.3 is 10.6 Å². The van der Waals surface area contributed by atoms with Gasteiger partial charge in [0, 0.05) is 21.9 Å². The van der Waals surface area contributed by atoms with E-state index in [1.54, 1.807) is 36.4 Å². The van der Waals surface area contributed by atoms with Crippen molar-refractivity contribution in [2.24, 2.45) is 0 Å². The van der Waals surface area contributed by atoms with Crippen LogP contribution in [-0.4, -0.2) is 15.9 Å². The standard InChI is InChI=1S/C18H12BrN5O/c19-13-4-2-6-15(8-13)24-18(25)16-9-17(22-11-21-16)23-14-5-1-3-12(7-14)10-20/h1-9,11H,(H,24,25)(H,21,22,23). The Morgan fingerprint density at radius 2 is 1.84 bits per heavy atom. The lowest BCUT2D eigenvalue weighted by Gasteiger charge is -2.08. The van der Waals surface area contributed by atoms with Crippen LogP contribution in [0.2, 0.25) is 0 Å². The van der Waals surface area contributed by atoms with Crippen LogP contribution in [0.25, 0.3) is 0 Å². The van der Waals surface area contributed by atoms with Crippen molar-refractivity contribution >= 4 is 39.0 Å². The number of hydrogen-bond donors (Lipinski definition) is 2. The second kappa shape index (κ2) is 7.55. The van der Waals surface area contributed by atoms with Crippen LogP contribution >= 0.6 is 15.9 Å². The molecule has 7 heteroatoms. The number of halogens is 1. The molecular formula is C18H12BrN5O. The van der Waals surface area contributed by atoms with E-state index in [-0.39, 0.29) is 11.6 Å². The average Bonchev–Trinajstić information content (AvgIpc) is 2.62. The van der Waals surface area contributed by atoms with Gasteiger partial charge in [0.2, 0.25) is 0 Å². The zero-order valence-corrected chi connectivity index (χ0v) is 14.5. The molecule has 2 N–H and O–H groups in total. The maximum atomic E-state index is 12.3. The summed E-state index contributed by atoms with van der Waals surface area (Å²) in [6.07, 6.45) is 1.31. The van der Waals surface area contributed by atoms with Gasteiger partial charge >= 0.3 is 0 Å². The molecule has 0 unspecified atom stereocenters. The largest absolute Gasteiger partial charge is 0.340 e. The summed E-state index contributed by atoms with van der Waals surface area (Å²) in [5.41, 5.74) is 2.13.